The number of carbonyl (C=O) groups excluding carboxylic acids is 3. The molecule has 3 rings (SSSR count). The number of aryl methyl sites for hydroxylation is 1. The third-order valence-electron chi connectivity index (χ3n) is 3.61. The average molecular weight is 316 g/mol. The zero-order valence-electron chi connectivity index (χ0n) is 12.4. The van der Waals surface area contributed by atoms with Gasteiger partial charge in [0.15, 0.2) is 0 Å². The van der Waals surface area contributed by atoms with E-state index in [4.69, 9.17) is 0 Å². The summed E-state index contributed by atoms with van der Waals surface area (Å²) in [7, 11) is 0. The summed E-state index contributed by atoms with van der Waals surface area (Å²) in [6.45, 7) is 0.272. The number of imide groups is 1. The zero-order valence-corrected chi connectivity index (χ0v) is 12.4. The number of amides is 3. The van der Waals surface area contributed by atoms with Crippen LogP contribution in [0.3, 0.4) is 0 Å². The van der Waals surface area contributed by atoms with Gasteiger partial charge < -0.3 is 5.32 Å². The van der Waals surface area contributed by atoms with Crippen molar-refractivity contribution in [2.24, 2.45) is 0 Å². The molecule has 0 unspecified atom stereocenters. The quantitative estimate of drug-likeness (QED) is 0.559. The molecule has 0 aliphatic carbocycles. The highest BCUT2D eigenvalue weighted by Crippen LogP contribution is 2.10. The molecule has 9 nitrogen and oxygen atoms in total. The molecule has 1 saturated heterocycles. The summed E-state index contributed by atoms with van der Waals surface area (Å²) >= 11 is 0. The molecule has 0 saturated carbocycles. The van der Waals surface area contributed by atoms with Crippen molar-refractivity contribution in [2.45, 2.75) is 25.7 Å². The maximum Gasteiger partial charge on any atom is 0.252 e. The Balaban J connectivity index is 1.41. The molecule has 0 aromatic carbocycles. The third kappa shape index (κ3) is 3.50. The van der Waals surface area contributed by atoms with Crippen LogP contribution >= 0.6 is 0 Å². The van der Waals surface area contributed by atoms with Crippen LogP contribution in [0.25, 0.3) is 5.78 Å². The van der Waals surface area contributed by atoms with Gasteiger partial charge in [0.25, 0.3) is 5.78 Å². The van der Waals surface area contributed by atoms with E-state index >= 15 is 0 Å². The minimum absolute atomic E-state index is 0.190. The predicted octanol–water partition coefficient (Wildman–Crippen LogP) is -0.678. The Morgan fingerprint density at radius 3 is 2.78 bits per heavy atom. The fourth-order valence-corrected chi connectivity index (χ4v) is 2.41. The van der Waals surface area contributed by atoms with Crippen molar-refractivity contribution in [3.05, 3.63) is 24.3 Å². The second-order valence-corrected chi connectivity index (χ2v) is 5.29. The molecular weight excluding hydrogens is 300 g/mol. The number of carbonyl (C=O) groups is 3. The highest BCUT2D eigenvalue weighted by Gasteiger charge is 2.30. The Kier molecular flexibility index (Phi) is 4.26. The topological polar surface area (TPSA) is 110 Å². The molecule has 0 radical (unpaired) electrons. The lowest BCUT2D eigenvalue weighted by atomic mass is 10.2. The summed E-state index contributed by atoms with van der Waals surface area (Å²) < 4.78 is 1.60. The highest BCUT2D eigenvalue weighted by molar-refractivity contribution is 6.04. The van der Waals surface area contributed by atoms with Gasteiger partial charge in [-0.05, 0) is 18.4 Å². The maximum atomic E-state index is 11.7. The Morgan fingerprint density at radius 1 is 1.22 bits per heavy atom. The zero-order chi connectivity index (χ0) is 16.2. The van der Waals surface area contributed by atoms with Crippen molar-refractivity contribution in [2.75, 3.05) is 13.1 Å². The highest BCUT2D eigenvalue weighted by atomic mass is 16.2. The smallest absolute Gasteiger partial charge is 0.252 e. The van der Waals surface area contributed by atoms with Gasteiger partial charge in [0, 0.05) is 31.8 Å². The Morgan fingerprint density at radius 2 is 2.00 bits per heavy atom. The average Bonchev–Trinajstić information content (AvgIpc) is 3.12. The van der Waals surface area contributed by atoms with Gasteiger partial charge in [-0.2, -0.15) is 10.1 Å². The monoisotopic (exact) mass is 316 g/mol. The molecule has 120 valence electrons. The van der Waals surface area contributed by atoms with Crippen molar-refractivity contribution in [1.29, 1.82) is 0 Å². The van der Waals surface area contributed by atoms with Gasteiger partial charge in [-0.1, -0.05) is 0 Å². The lowest BCUT2D eigenvalue weighted by Crippen LogP contribution is -2.40. The molecule has 0 bridgehead atoms. The molecule has 1 aliphatic rings. The fraction of sp³-hybridized carbons (Fsp3) is 0.429. The molecule has 1 fully saturated rings. The summed E-state index contributed by atoms with van der Waals surface area (Å²) in [5.41, 5.74) is 0.988. The van der Waals surface area contributed by atoms with Crippen LogP contribution in [-0.2, 0) is 20.8 Å². The molecule has 3 heterocycles. The van der Waals surface area contributed by atoms with Gasteiger partial charge in [0.2, 0.25) is 17.7 Å². The van der Waals surface area contributed by atoms with Crippen LogP contribution in [0.2, 0.25) is 0 Å². The number of hydrogen-bond donors (Lipinski definition) is 1. The van der Waals surface area contributed by atoms with E-state index in [-0.39, 0.29) is 37.1 Å². The van der Waals surface area contributed by atoms with E-state index in [2.05, 4.69) is 20.4 Å². The van der Waals surface area contributed by atoms with Crippen molar-refractivity contribution in [3.8, 4) is 0 Å². The molecular formula is C14H16N6O3. The lowest BCUT2D eigenvalue weighted by molar-refractivity contribution is -0.142. The molecule has 2 aromatic rings. The molecule has 1 aliphatic heterocycles. The van der Waals surface area contributed by atoms with E-state index < -0.39 is 0 Å². The van der Waals surface area contributed by atoms with Gasteiger partial charge >= 0.3 is 0 Å². The van der Waals surface area contributed by atoms with Crippen molar-refractivity contribution >= 4 is 23.5 Å². The number of likely N-dealkylation sites (tertiary alicyclic amines) is 1. The molecule has 0 spiro atoms. The van der Waals surface area contributed by atoms with Gasteiger partial charge in [-0.25, -0.2) is 9.50 Å². The van der Waals surface area contributed by atoms with Crippen LogP contribution in [0.15, 0.2) is 18.7 Å². The van der Waals surface area contributed by atoms with Gasteiger partial charge in [-0.15, -0.1) is 0 Å². The van der Waals surface area contributed by atoms with E-state index in [0.717, 1.165) is 23.3 Å². The van der Waals surface area contributed by atoms with Crippen LogP contribution in [0, 0.1) is 0 Å². The number of fused-ring (bicyclic) bond motifs is 1. The first-order valence-corrected chi connectivity index (χ1v) is 7.37. The summed E-state index contributed by atoms with van der Waals surface area (Å²) in [5, 5.41) is 6.72. The van der Waals surface area contributed by atoms with Crippen molar-refractivity contribution < 1.29 is 14.4 Å². The third-order valence-corrected chi connectivity index (χ3v) is 3.61. The largest absolute Gasteiger partial charge is 0.355 e. The molecule has 0 atom stereocenters. The first-order chi connectivity index (χ1) is 11.1. The minimum Gasteiger partial charge on any atom is -0.355 e. The molecule has 9 heteroatoms. The molecule has 2 aromatic heterocycles. The minimum atomic E-state index is -0.321. The summed E-state index contributed by atoms with van der Waals surface area (Å²) in [5.74, 6) is -0.338. The molecule has 3 amide bonds. The maximum absolute atomic E-state index is 11.7. The van der Waals surface area contributed by atoms with E-state index in [0.29, 0.717) is 12.3 Å². The second-order valence-electron chi connectivity index (χ2n) is 5.29. The summed E-state index contributed by atoms with van der Waals surface area (Å²) in [6.07, 6.45) is 6.85. The normalized spacial score (nSPS) is 14.7. The number of nitrogens with zero attached hydrogens (tertiary/aromatic N) is 5. The number of nitrogens with one attached hydrogen (secondary N) is 1. The van der Waals surface area contributed by atoms with Crippen molar-refractivity contribution in [1.82, 2.24) is 29.8 Å². The van der Waals surface area contributed by atoms with Crippen LogP contribution in [0.1, 0.15) is 24.8 Å². The molecule has 23 heavy (non-hydrogen) atoms. The van der Waals surface area contributed by atoms with Crippen LogP contribution in [-0.4, -0.2) is 55.3 Å². The SMILES string of the molecule is O=C(CN1C(=O)CCC1=O)NCCCc1cnc2ncnn2c1. The van der Waals surface area contributed by atoms with E-state index in [1.807, 2.05) is 6.20 Å². The standard InChI is InChI=1S/C14H16N6O3/c21-11(8-19-12(22)3-4-13(19)23)15-5-1-2-10-6-16-14-17-9-18-20(14)7-10/h6-7,9H,1-5,8H2,(H,15,21). The van der Waals surface area contributed by atoms with Crippen LogP contribution in [0.4, 0.5) is 0 Å². The fourth-order valence-electron chi connectivity index (χ4n) is 2.41. The van der Waals surface area contributed by atoms with Crippen LogP contribution < -0.4 is 5.32 Å². The Bertz CT molecular complexity index is 740. The van der Waals surface area contributed by atoms with Gasteiger partial charge in [-0.3, -0.25) is 19.3 Å². The number of rotatable bonds is 6. The predicted molar refractivity (Wildman–Crippen MR) is 78.1 cm³/mol. The van der Waals surface area contributed by atoms with Crippen molar-refractivity contribution in [3.63, 3.8) is 0 Å². The van der Waals surface area contributed by atoms with Gasteiger partial charge in [0.05, 0.1) is 0 Å². The Labute approximate surface area is 131 Å². The Hall–Kier alpha value is -2.84. The second kappa shape index (κ2) is 6.51. The summed E-state index contributed by atoms with van der Waals surface area (Å²) in [4.78, 5) is 43.7. The van der Waals surface area contributed by atoms with Crippen LogP contribution in [0.5, 0.6) is 0 Å². The number of hydrogen-bond acceptors (Lipinski definition) is 6. The van der Waals surface area contributed by atoms with E-state index in [9.17, 15) is 14.4 Å². The lowest BCUT2D eigenvalue weighted by Gasteiger charge is -2.13. The van der Waals surface area contributed by atoms with E-state index in [1.54, 1.807) is 10.7 Å². The first-order valence-electron chi connectivity index (χ1n) is 7.37. The van der Waals surface area contributed by atoms with Gasteiger partial charge in [0.1, 0.15) is 12.9 Å². The number of aromatic nitrogens is 4. The van der Waals surface area contributed by atoms with E-state index in [1.165, 1.54) is 6.33 Å². The molecule has 1 N–H and O–H groups in total. The summed E-state index contributed by atoms with van der Waals surface area (Å²) in [6, 6.07) is 0. The first kappa shape index (κ1) is 15.1.